The third-order valence-corrected chi connectivity index (χ3v) is 6.67. The Kier molecular flexibility index (Phi) is 5.11. The van der Waals surface area contributed by atoms with Crippen LogP contribution in [0, 0.1) is 10.1 Å². The third kappa shape index (κ3) is 3.73. The highest BCUT2D eigenvalue weighted by Gasteiger charge is 2.20. The van der Waals surface area contributed by atoms with Gasteiger partial charge in [0.1, 0.15) is 5.75 Å². The summed E-state index contributed by atoms with van der Waals surface area (Å²) in [6.07, 6.45) is 0. The maximum absolute atomic E-state index is 11.4. The van der Waals surface area contributed by atoms with E-state index >= 15 is 0 Å². The van der Waals surface area contributed by atoms with E-state index in [-0.39, 0.29) is 17.2 Å². The molecule has 124 valence electrons. The van der Waals surface area contributed by atoms with Crippen LogP contribution in [0.4, 0.5) is 5.69 Å². The van der Waals surface area contributed by atoms with Crippen LogP contribution in [0.3, 0.4) is 0 Å². The summed E-state index contributed by atoms with van der Waals surface area (Å²) in [5, 5.41) is 11.2. The molecule has 0 radical (unpaired) electrons. The molecule has 1 aliphatic rings. The second kappa shape index (κ2) is 7.27. The van der Waals surface area contributed by atoms with E-state index in [1.165, 1.54) is 30.7 Å². The lowest BCUT2D eigenvalue weighted by Crippen LogP contribution is -1.98. The van der Waals surface area contributed by atoms with E-state index in [1.54, 1.807) is 0 Å². The molecule has 1 aliphatic heterocycles. The number of ether oxygens (including phenoxy) is 1. The summed E-state index contributed by atoms with van der Waals surface area (Å²) in [5.74, 6) is 2.75. The zero-order chi connectivity index (χ0) is 17.1. The van der Waals surface area contributed by atoms with Crippen LogP contribution in [0.1, 0.15) is 27.4 Å². The van der Waals surface area contributed by atoms with Gasteiger partial charge < -0.3 is 4.74 Å². The number of nitro benzene ring substituents is 1. The molecule has 0 amide bonds. The predicted octanol–water partition coefficient (Wildman–Crippen LogP) is 5.07. The summed E-state index contributed by atoms with van der Waals surface area (Å²) in [6.45, 7) is 1.37. The molecule has 0 unspecified atom stereocenters. The van der Waals surface area contributed by atoms with Crippen molar-refractivity contribution in [2.75, 3.05) is 11.5 Å². The van der Waals surface area contributed by atoms with Crippen LogP contribution in [-0.4, -0.2) is 22.2 Å². The van der Waals surface area contributed by atoms with Gasteiger partial charge in [-0.1, -0.05) is 12.1 Å². The number of benzene rings is 2. The quantitative estimate of drug-likeness (QED) is 0.421. The molecule has 0 aromatic heterocycles. The Morgan fingerprint density at radius 2 is 1.83 bits per heavy atom. The van der Waals surface area contributed by atoms with E-state index in [0.29, 0.717) is 15.9 Å². The molecular weight excluding hydrogens is 346 g/mol. The van der Waals surface area contributed by atoms with E-state index in [4.69, 9.17) is 4.74 Å². The first-order chi connectivity index (χ1) is 11.5. The average molecular weight is 361 g/mol. The first kappa shape index (κ1) is 16.9. The minimum atomic E-state index is -0.540. The van der Waals surface area contributed by atoms with Crippen LogP contribution in [0.5, 0.6) is 11.5 Å². The SMILES string of the molecule is CC(=O)c1ccc(Oc2ccc(C3SCCS3)cc2)c([N+](=O)[O-])c1. The molecule has 1 heterocycles. The van der Waals surface area contributed by atoms with Crippen molar-refractivity contribution in [1.82, 2.24) is 0 Å². The highest BCUT2D eigenvalue weighted by Crippen LogP contribution is 2.45. The van der Waals surface area contributed by atoms with Gasteiger partial charge in [0.15, 0.2) is 5.78 Å². The lowest BCUT2D eigenvalue weighted by Gasteiger charge is -2.10. The number of nitro groups is 1. The number of carbonyl (C=O) groups excluding carboxylic acids is 1. The summed E-state index contributed by atoms with van der Waals surface area (Å²) >= 11 is 3.83. The number of ketones is 1. The highest BCUT2D eigenvalue weighted by molar-refractivity contribution is 8.19. The monoisotopic (exact) mass is 361 g/mol. The van der Waals surface area contributed by atoms with E-state index < -0.39 is 4.92 Å². The van der Waals surface area contributed by atoms with Gasteiger partial charge in [0.25, 0.3) is 0 Å². The summed E-state index contributed by atoms with van der Waals surface area (Å²) in [6, 6.07) is 11.9. The molecule has 0 bridgehead atoms. The van der Waals surface area contributed by atoms with Crippen LogP contribution in [0.25, 0.3) is 0 Å². The second-order valence-electron chi connectivity index (χ2n) is 5.24. The Hall–Kier alpha value is -1.99. The van der Waals surface area contributed by atoms with Gasteiger partial charge in [-0.25, -0.2) is 0 Å². The van der Waals surface area contributed by atoms with Crippen molar-refractivity contribution in [2.24, 2.45) is 0 Å². The van der Waals surface area contributed by atoms with Crippen molar-refractivity contribution >= 4 is 35.0 Å². The van der Waals surface area contributed by atoms with Crippen LogP contribution in [-0.2, 0) is 0 Å². The Labute approximate surface area is 147 Å². The maximum Gasteiger partial charge on any atom is 0.312 e. The molecule has 24 heavy (non-hydrogen) atoms. The van der Waals surface area contributed by atoms with Crippen LogP contribution < -0.4 is 4.74 Å². The van der Waals surface area contributed by atoms with E-state index in [0.717, 1.165) is 11.5 Å². The van der Waals surface area contributed by atoms with Gasteiger partial charge in [-0.15, -0.1) is 23.5 Å². The molecule has 0 aliphatic carbocycles. The molecule has 3 rings (SSSR count). The predicted molar refractivity (Wildman–Crippen MR) is 97.3 cm³/mol. The molecular formula is C17H15NO4S2. The van der Waals surface area contributed by atoms with Crippen molar-refractivity contribution in [3.8, 4) is 11.5 Å². The number of hydrogen-bond donors (Lipinski definition) is 0. The summed E-state index contributed by atoms with van der Waals surface area (Å²) < 4.78 is 6.10. The molecule has 0 N–H and O–H groups in total. The summed E-state index contributed by atoms with van der Waals surface area (Å²) in [5.41, 5.74) is 1.30. The first-order valence-electron chi connectivity index (χ1n) is 7.35. The largest absolute Gasteiger partial charge is 0.450 e. The Morgan fingerprint density at radius 1 is 1.17 bits per heavy atom. The summed E-state index contributed by atoms with van der Waals surface area (Å²) in [7, 11) is 0. The van der Waals surface area contributed by atoms with Crippen molar-refractivity contribution in [2.45, 2.75) is 11.5 Å². The van der Waals surface area contributed by atoms with Crippen LogP contribution >= 0.6 is 23.5 Å². The molecule has 7 heteroatoms. The zero-order valence-corrected chi connectivity index (χ0v) is 14.6. The van der Waals surface area contributed by atoms with Gasteiger partial charge in [0.2, 0.25) is 5.75 Å². The number of hydrogen-bond acceptors (Lipinski definition) is 6. The molecule has 5 nitrogen and oxygen atoms in total. The Balaban J connectivity index is 1.82. The maximum atomic E-state index is 11.4. The number of thioether (sulfide) groups is 2. The van der Waals surface area contributed by atoms with Crippen LogP contribution in [0.2, 0.25) is 0 Å². The standard InChI is InChI=1S/C17H15NO4S2/c1-11(19)13-4-7-16(15(10-13)18(20)21)22-14-5-2-12(3-6-14)17-23-8-9-24-17/h2-7,10,17H,8-9H2,1H3. The number of carbonyl (C=O) groups is 1. The van der Waals surface area contributed by atoms with Gasteiger partial charge in [-0.2, -0.15) is 0 Å². The van der Waals surface area contributed by atoms with Gasteiger partial charge in [0.05, 0.1) is 9.51 Å². The van der Waals surface area contributed by atoms with Gasteiger partial charge in [-0.05, 0) is 36.8 Å². The normalized spacial score (nSPS) is 14.5. The fraction of sp³-hybridized carbons (Fsp3) is 0.235. The molecule has 0 spiro atoms. The van der Waals surface area contributed by atoms with Gasteiger partial charge in [-0.3, -0.25) is 14.9 Å². The van der Waals surface area contributed by atoms with Gasteiger partial charge in [0, 0.05) is 23.1 Å². The lowest BCUT2D eigenvalue weighted by molar-refractivity contribution is -0.385. The molecule has 2 aromatic rings. The Bertz CT molecular complexity index is 771. The smallest absolute Gasteiger partial charge is 0.312 e. The fourth-order valence-corrected chi connectivity index (χ4v) is 5.20. The highest BCUT2D eigenvalue weighted by atomic mass is 32.2. The van der Waals surface area contributed by atoms with Gasteiger partial charge >= 0.3 is 5.69 Å². The first-order valence-corrected chi connectivity index (χ1v) is 9.45. The number of Topliss-reactive ketones (excluding diaryl/α,β-unsaturated/α-hetero) is 1. The summed E-state index contributed by atoms with van der Waals surface area (Å²) in [4.78, 5) is 22.1. The van der Waals surface area contributed by atoms with Crippen molar-refractivity contribution in [3.05, 3.63) is 63.7 Å². The minimum absolute atomic E-state index is 0.127. The van der Waals surface area contributed by atoms with Crippen molar-refractivity contribution in [1.29, 1.82) is 0 Å². The molecule has 1 saturated heterocycles. The molecule has 2 aromatic carbocycles. The van der Waals surface area contributed by atoms with Crippen LogP contribution in [0.15, 0.2) is 42.5 Å². The zero-order valence-electron chi connectivity index (χ0n) is 12.9. The van der Waals surface area contributed by atoms with E-state index in [1.807, 2.05) is 47.8 Å². The third-order valence-electron chi connectivity index (χ3n) is 3.56. The minimum Gasteiger partial charge on any atom is -0.450 e. The second-order valence-corrected chi connectivity index (χ2v) is 7.96. The van der Waals surface area contributed by atoms with Crippen molar-refractivity contribution < 1.29 is 14.5 Å². The molecule has 1 fully saturated rings. The molecule has 0 atom stereocenters. The Morgan fingerprint density at radius 3 is 2.42 bits per heavy atom. The fourth-order valence-electron chi connectivity index (χ4n) is 2.34. The van der Waals surface area contributed by atoms with E-state index in [9.17, 15) is 14.9 Å². The average Bonchev–Trinajstić information content (AvgIpc) is 3.10. The lowest BCUT2D eigenvalue weighted by atomic mass is 10.1. The molecule has 0 saturated carbocycles. The number of nitrogens with zero attached hydrogens (tertiary/aromatic N) is 1. The van der Waals surface area contributed by atoms with Crippen molar-refractivity contribution in [3.63, 3.8) is 0 Å². The number of rotatable bonds is 5. The van der Waals surface area contributed by atoms with E-state index in [2.05, 4.69) is 0 Å². The topological polar surface area (TPSA) is 69.4 Å².